The van der Waals surface area contributed by atoms with Crippen LogP contribution in [-0.2, 0) is 15.9 Å². The van der Waals surface area contributed by atoms with Gasteiger partial charge < -0.3 is 13.9 Å². The Labute approximate surface area is 153 Å². The van der Waals surface area contributed by atoms with Crippen LogP contribution in [0.1, 0.15) is 47.5 Å². The number of amidine groups is 1. The van der Waals surface area contributed by atoms with Crippen LogP contribution >= 0.6 is 0 Å². The van der Waals surface area contributed by atoms with Crippen LogP contribution in [-0.4, -0.2) is 31.7 Å². The number of hydrogen-bond donors (Lipinski definition) is 1. The molecular weight excluding hydrogens is 332 g/mol. The molecule has 1 atom stereocenters. The number of aliphatic imine (C=N–C) groups is 1. The summed E-state index contributed by atoms with van der Waals surface area (Å²) < 4.78 is 16.1. The number of carbonyl (C=O) groups excluding carboxylic acids is 1. The Bertz CT molecular complexity index is 740. The van der Waals surface area contributed by atoms with Gasteiger partial charge in [-0.05, 0) is 49.4 Å². The van der Waals surface area contributed by atoms with Crippen LogP contribution in [0, 0.1) is 0 Å². The first-order valence-electron chi connectivity index (χ1n) is 8.99. The highest BCUT2D eigenvalue weighted by atomic mass is 16.5. The van der Waals surface area contributed by atoms with Gasteiger partial charge in [0.1, 0.15) is 6.61 Å². The summed E-state index contributed by atoms with van der Waals surface area (Å²) in [7, 11) is 0. The summed E-state index contributed by atoms with van der Waals surface area (Å²) in [5.41, 5.74) is 2.50. The van der Waals surface area contributed by atoms with Crippen molar-refractivity contribution in [1.29, 1.82) is 0 Å². The maximum Gasteiger partial charge on any atom is 0.294 e. The van der Waals surface area contributed by atoms with Gasteiger partial charge in [0, 0.05) is 6.61 Å². The van der Waals surface area contributed by atoms with E-state index in [1.165, 1.54) is 17.4 Å². The van der Waals surface area contributed by atoms with Gasteiger partial charge in [-0.1, -0.05) is 24.3 Å². The molecule has 0 bridgehead atoms. The standard InChI is InChI=1S/C20H24N2O4/c1-2-24-13-14-26-20(22-19(23)18-11-6-12-25-18)21-17-10-5-8-15-7-3-4-9-16(15)17/h3-4,6-7,9,11-12,17H,2,5,8,10,13-14H2,1H3,(H,21,22,23). The van der Waals surface area contributed by atoms with Crippen LogP contribution in [0.5, 0.6) is 0 Å². The van der Waals surface area contributed by atoms with E-state index in [0.717, 1.165) is 19.3 Å². The molecule has 1 unspecified atom stereocenters. The molecular formula is C20H24N2O4. The molecule has 0 aliphatic heterocycles. The molecule has 2 aromatic rings. The van der Waals surface area contributed by atoms with Crippen LogP contribution in [0.2, 0.25) is 0 Å². The molecule has 0 fully saturated rings. The molecule has 1 aliphatic carbocycles. The largest absolute Gasteiger partial charge is 0.463 e. The van der Waals surface area contributed by atoms with Gasteiger partial charge in [0.15, 0.2) is 5.76 Å². The number of nitrogens with one attached hydrogen (secondary N) is 1. The second kappa shape index (κ2) is 9.20. The zero-order chi connectivity index (χ0) is 18.2. The Balaban J connectivity index is 1.76. The number of hydrogen-bond acceptors (Lipinski definition) is 5. The number of amides is 1. The molecule has 1 amide bonds. The SMILES string of the molecule is CCOCCOC(=NC1CCCc2ccccc21)NC(=O)c1ccco1. The van der Waals surface area contributed by atoms with Crippen molar-refractivity contribution in [1.82, 2.24) is 5.32 Å². The molecule has 0 saturated carbocycles. The van der Waals surface area contributed by atoms with E-state index in [-0.39, 0.29) is 23.7 Å². The lowest BCUT2D eigenvalue weighted by Gasteiger charge is -2.23. The predicted octanol–water partition coefficient (Wildman–Crippen LogP) is 3.50. The van der Waals surface area contributed by atoms with Crippen molar-refractivity contribution >= 4 is 11.9 Å². The number of nitrogens with zero attached hydrogens (tertiary/aromatic N) is 1. The first-order chi connectivity index (χ1) is 12.8. The Morgan fingerprint density at radius 1 is 1.27 bits per heavy atom. The Morgan fingerprint density at radius 3 is 2.96 bits per heavy atom. The molecule has 3 rings (SSSR count). The van der Waals surface area contributed by atoms with Gasteiger partial charge in [0.2, 0.25) is 0 Å². The van der Waals surface area contributed by atoms with Crippen LogP contribution in [0.15, 0.2) is 52.1 Å². The molecule has 1 aliphatic rings. The molecule has 138 valence electrons. The minimum absolute atomic E-state index is 0.0288. The molecule has 0 radical (unpaired) electrons. The second-order valence-corrected chi connectivity index (χ2v) is 6.02. The number of rotatable bonds is 6. The van der Waals surface area contributed by atoms with Crippen molar-refractivity contribution in [2.24, 2.45) is 4.99 Å². The topological polar surface area (TPSA) is 73.1 Å². The molecule has 26 heavy (non-hydrogen) atoms. The molecule has 1 aromatic carbocycles. The quantitative estimate of drug-likeness (QED) is 0.488. The molecule has 6 nitrogen and oxygen atoms in total. The van der Waals surface area contributed by atoms with Gasteiger partial charge in [0.25, 0.3) is 11.9 Å². The number of fused-ring (bicyclic) bond motifs is 1. The van der Waals surface area contributed by atoms with Gasteiger partial charge in [-0.2, -0.15) is 0 Å². The zero-order valence-electron chi connectivity index (χ0n) is 14.9. The predicted molar refractivity (Wildman–Crippen MR) is 98.2 cm³/mol. The van der Waals surface area contributed by atoms with E-state index < -0.39 is 0 Å². The van der Waals surface area contributed by atoms with Crippen LogP contribution in [0.25, 0.3) is 0 Å². The monoisotopic (exact) mass is 356 g/mol. The summed E-state index contributed by atoms with van der Waals surface area (Å²) in [4.78, 5) is 17.0. The summed E-state index contributed by atoms with van der Waals surface area (Å²) in [5.74, 6) is -0.163. The van der Waals surface area contributed by atoms with Crippen LogP contribution in [0.3, 0.4) is 0 Å². The summed E-state index contributed by atoms with van der Waals surface area (Å²) in [6.45, 7) is 3.30. The third kappa shape index (κ3) is 4.73. The van der Waals surface area contributed by atoms with Crippen molar-refractivity contribution in [3.05, 3.63) is 59.5 Å². The molecule has 0 spiro atoms. The van der Waals surface area contributed by atoms with Crippen molar-refractivity contribution in [2.45, 2.75) is 32.2 Å². The van der Waals surface area contributed by atoms with Gasteiger partial charge in [0.05, 0.1) is 18.9 Å². The highest BCUT2D eigenvalue weighted by molar-refractivity contribution is 6.02. The van der Waals surface area contributed by atoms with E-state index in [0.29, 0.717) is 19.8 Å². The smallest absolute Gasteiger partial charge is 0.294 e. The average molecular weight is 356 g/mol. The number of aryl methyl sites for hydroxylation is 1. The average Bonchev–Trinajstić information content (AvgIpc) is 3.20. The number of benzene rings is 1. The number of carbonyl (C=O) groups is 1. The molecule has 0 saturated heterocycles. The number of furan rings is 1. The Morgan fingerprint density at radius 2 is 2.15 bits per heavy atom. The van der Waals surface area contributed by atoms with E-state index in [4.69, 9.17) is 13.9 Å². The minimum Gasteiger partial charge on any atom is -0.463 e. The van der Waals surface area contributed by atoms with E-state index in [1.54, 1.807) is 12.1 Å². The highest BCUT2D eigenvalue weighted by Crippen LogP contribution is 2.32. The van der Waals surface area contributed by atoms with Crippen molar-refractivity contribution in [3.63, 3.8) is 0 Å². The van der Waals surface area contributed by atoms with Crippen LogP contribution in [0.4, 0.5) is 0 Å². The first-order valence-corrected chi connectivity index (χ1v) is 8.99. The van der Waals surface area contributed by atoms with Gasteiger partial charge in [-0.25, -0.2) is 4.99 Å². The Hall–Kier alpha value is -2.60. The fourth-order valence-corrected chi connectivity index (χ4v) is 3.02. The van der Waals surface area contributed by atoms with Gasteiger partial charge in [-0.15, -0.1) is 0 Å². The second-order valence-electron chi connectivity index (χ2n) is 6.02. The van der Waals surface area contributed by atoms with Crippen molar-refractivity contribution in [3.8, 4) is 0 Å². The van der Waals surface area contributed by atoms with E-state index in [9.17, 15) is 4.79 Å². The van der Waals surface area contributed by atoms with E-state index >= 15 is 0 Å². The van der Waals surface area contributed by atoms with E-state index in [1.807, 2.05) is 19.1 Å². The summed E-state index contributed by atoms with van der Waals surface area (Å²) in [6.07, 6.45) is 4.50. The maximum absolute atomic E-state index is 12.3. The Kier molecular flexibility index (Phi) is 6.44. The van der Waals surface area contributed by atoms with Gasteiger partial charge in [-0.3, -0.25) is 10.1 Å². The summed E-state index contributed by atoms with van der Waals surface area (Å²) in [5, 5.41) is 2.71. The van der Waals surface area contributed by atoms with E-state index in [2.05, 4.69) is 22.4 Å². The third-order valence-electron chi connectivity index (χ3n) is 4.25. The van der Waals surface area contributed by atoms with Crippen molar-refractivity contribution in [2.75, 3.05) is 19.8 Å². The highest BCUT2D eigenvalue weighted by Gasteiger charge is 2.21. The lowest BCUT2D eigenvalue weighted by Crippen LogP contribution is -2.34. The van der Waals surface area contributed by atoms with Crippen LogP contribution < -0.4 is 5.32 Å². The number of ether oxygens (including phenoxy) is 2. The van der Waals surface area contributed by atoms with Gasteiger partial charge >= 0.3 is 0 Å². The lowest BCUT2D eigenvalue weighted by molar-refractivity contribution is 0.0899. The third-order valence-corrected chi connectivity index (χ3v) is 4.25. The van der Waals surface area contributed by atoms with Crippen molar-refractivity contribution < 1.29 is 18.7 Å². The molecule has 1 N–H and O–H groups in total. The normalized spacial score (nSPS) is 16.8. The minimum atomic E-state index is -0.380. The summed E-state index contributed by atoms with van der Waals surface area (Å²) in [6, 6.07) is 11.7. The molecule has 1 aromatic heterocycles. The molecule has 1 heterocycles. The summed E-state index contributed by atoms with van der Waals surface area (Å²) >= 11 is 0. The zero-order valence-corrected chi connectivity index (χ0v) is 14.9. The fraction of sp³-hybridized carbons (Fsp3) is 0.400. The molecule has 6 heteroatoms. The maximum atomic E-state index is 12.3. The fourth-order valence-electron chi connectivity index (χ4n) is 3.02. The lowest BCUT2D eigenvalue weighted by atomic mass is 9.88. The first kappa shape index (κ1) is 18.2.